The maximum absolute atomic E-state index is 12.2. The number of sulfonamides is 1. The van der Waals surface area contributed by atoms with Crippen LogP contribution >= 0.6 is 22.6 Å². The van der Waals surface area contributed by atoms with Crippen molar-refractivity contribution < 1.29 is 13.2 Å². The number of carbonyl (C=O) groups excluding carboxylic acids is 1. The summed E-state index contributed by atoms with van der Waals surface area (Å²) < 4.78 is 28.2. The fraction of sp³-hybridized carbons (Fsp3) is 0.154. The molecule has 0 atom stereocenters. The van der Waals surface area contributed by atoms with E-state index in [0.717, 1.165) is 3.57 Å². The SMILES string of the molecule is CNS(=O)(=O)c1cc(C(=O)Nc2ccc(I)cc2)n(C)c1. The normalized spacial score (nSPS) is 11.4. The summed E-state index contributed by atoms with van der Waals surface area (Å²) in [5.74, 6) is -0.365. The second-order valence-electron chi connectivity index (χ2n) is 4.34. The molecule has 2 rings (SSSR count). The Morgan fingerprint density at radius 1 is 1.24 bits per heavy atom. The van der Waals surface area contributed by atoms with Gasteiger partial charge in [0.2, 0.25) is 10.0 Å². The molecule has 21 heavy (non-hydrogen) atoms. The largest absolute Gasteiger partial charge is 0.345 e. The maximum atomic E-state index is 12.2. The molecule has 0 aliphatic rings. The van der Waals surface area contributed by atoms with Gasteiger partial charge in [-0.2, -0.15) is 0 Å². The number of halogens is 1. The number of aryl methyl sites for hydroxylation is 1. The number of carbonyl (C=O) groups is 1. The first-order chi connectivity index (χ1) is 9.83. The summed E-state index contributed by atoms with van der Waals surface area (Å²) in [5.41, 5.74) is 0.919. The summed E-state index contributed by atoms with van der Waals surface area (Å²) in [5, 5.41) is 2.73. The molecule has 1 aromatic carbocycles. The molecule has 1 amide bonds. The van der Waals surface area contributed by atoms with Crippen LogP contribution in [0.25, 0.3) is 0 Å². The third kappa shape index (κ3) is 3.63. The maximum Gasteiger partial charge on any atom is 0.272 e. The number of benzene rings is 1. The Bertz CT molecular complexity index is 766. The summed E-state index contributed by atoms with van der Waals surface area (Å²) in [7, 11) is -0.614. The summed E-state index contributed by atoms with van der Waals surface area (Å²) in [6, 6.07) is 8.66. The van der Waals surface area contributed by atoms with E-state index in [1.807, 2.05) is 12.1 Å². The first kappa shape index (κ1) is 16.0. The lowest BCUT2D eigenvalue weighted by molar-refractivity contribution is 0.101. The molecule has 0 bridgehead atoms. The van der Waals surface area contributed by atoms with Gasteiger partial charge in [0.05, 0.1) is 0 Å². The average Bonchev–Trinajstić information content (AvgIpc) is 2.84. The third-order valence-electron chi connectivity index (χ3n) is 2.89. The number of nitrogens with one attached hydrogen (secondary N) is 2. The molecule has 0 radical (unpaired) electrons. The van der Waals surface area contributed by atoms with Crippen LogP contribution in [0.5, 0.6) is 0 Å². The van der Waals surface area contributed by atoms with Crippen molar-refractivity contribution >= 4 is 44.2 Å². The molecule has 2 aromatic rings. The van der Waals surface area contributed by atoms with Crippen molar-refractivity contribution in [3.8, 4) is 0 Å². The Morgan fingerprint density at radius 2 is 1.86 bits per heavy atom. The molecule has 6 nitrogen and oxygen atoms in total. The zero-order chi connectivity index (χ0) is 15.6. The lowest BCUT2D eigenvalue weighted by Crippen LogP contribution is -2.18. The molecule has 1 aromatic heterocycles. The van der Waals surface area contributed by atoms with E-state index in [1.54, 1.807) is 19.2 Å². The molecule has 0 saturated heterocycles. The Morgan fingerprint density at radius 3 is 2.43 bits per heavy atom. The molecular formula is C13H14IN3O3S. The summed E-state index contributed by atoms with van der Waals surface area (Å²) in [6.07, 6.45) is 1.40. The lowest BCUT2D eigenvalue weighted by atomic mass is 10.3. The molecule has 0 unspecified atom stereocenters. The van der Waals surface area contributed by atoms with Crippen LogP contribution in [-0.2, 0) is 17.1 Å². The summed E-state index contributed by atoms with van der Waals surface area (Å²) in [6.45, 7) is 0. The smallest absolute Gasteiger partial charge is 0.272 e. The van der Waals surface area contributed by atoms with Gasteiger partial charge in [-0.05, 0) is 60.0 Å². The van der Waals surface area contributed by atoms with Gasteiger partial charge in [-0.1, -0.05) is 0 Å². The monoisotopic (exact) mass is 419 g/mol. The predicted molar refractivity (Wildman–Crippen MR) is 88.8 cm³/mol. The average molecular weight is 419 g/mol. The molecule has 0 fully saturated rings. The number of aromatic nitrogens is 1. The van der Waals surface area contributed by atoms with Crippen LogP contribution < -0.4 is 10.0 Å². The highest BCUT2D eigenvalue weighted by Crippen LogP contribution is 2.16. The first-order valence-electron chi connectivity index (χ1n) is 6.00. The van der Waals surface area contributed by atoms with Crippen LogP contribution in [-0.4, -0.2) is 25.9 Å². The lowest BCUT2D eigenvalue weighted by Gasteiger charge is -2.05. The predicted octanol–water partition coefficient (Wildman–Crippen LogP) is 1.79. The Labute approximate surface area is 136 Å². The van der Waals surface area contributed by atoms with Crippen molar-refractivity contribution in [2.24, 2.45) is 7.05 Å². The van der Waals surface area contributed by atoms with Gasteiger partial charge in [-0.3, -0.25) is 4.79 Å². The van der Waals surface area contributed by atoms with Crippen molar-refractivity contribution in [1.82, 2.24) is 9.29 Å². The molecule has 112 valence electrons. The molecule has 2 N–H and O–H groups in total. The minimum Gasteiger partial charge on any atom is -0.345 e. The van der Waals surface area contributed by atoms with Gasteiger partial charge in [-0.25, -0.2) is 13.1 Å². The van der Waals surface area contributed by atoms with Gasteiger partial charge in [0.15, 0.2) is 0 Å². The molecule has 0 spiro atoms. The van der Waals surface area contributed by atoms with E-state index in [-0.39, 0.29) is 16.5 Å². The zero-order valence-corrected chi connectivity index (χ0v) is 14.4. The van der Waals surface area contributed by atoms with Gasteiger partial charge >= 0.3 is 0 Å². The first-order valence-corrected chi connectivity index (χ1v) is 8.56. The second kappa shape index (κ2) is 6.16. The molecule has 0 saturated carbocycles. The van der Waals surface area contributed by atoms with Crippen molar-refractivity contribution in [2.75, 3.05) is 12.4 Å². The highest BCUT2D eigenvalue weighted by Gasteiger charge is 2.19. The minimum absolute atomic E-state index is 0.0558. The standard InChI is InChI=1S/C13H14IN3O3S/c1-15-21(19,20)11-7-12(17(2)8-11)13(18)16-10-5-3-9(14)4-6-10/h3-8,15H,1-2H3,(H,16,18). The van der Waals surface area contributed by atoms with Crippen LogP contribution in [0.15, 0.2) is 41.4 Å². The number of amides is 1. The van der Waals surface area contributed by atoms with Gasteiger partial charge in [-0.15, -0.1) is 0 Å². The van der Waals surface area contributed by atoms with Crippen LogP contribution in [0, 0.1) is 3.57 Å². The van der Waals surface area contributed by atoms with Gasteiger partial charge in [0.25, 0.3) is 5.91 Å². The summed E-state index contributed by atoms with van der Waals surface area (Å²) >= 11 is 2.17. The fourth-order valence-electron chi connectivity index (χ4n) is 1.75. The summed E-state index contributed by atoms with van der Waals surface area (Å²) in [4.78, 5) is 12.3. The van der Waals surface area contributed by atoms with E-state index in [4.69, 9.17) is 0 Å². The molecule has 1 heterocycles. The number of hydrogen-bond acceptors (Lipinski definition) is 3. The third-order valence-corrected chi connectivity index (χ3v) is 4.99. The Balaban J connectivity index is 2.26. The number of nitrogens with zero attached hydrogens (tertiary/aromatic N) is 1. The van der Waals surface area contributed by atoms with E-state index in [0.29, 0.717) is 5.69 Å². The van der Waals surface area contributed by atoms with E-state index in [9.17, 15) is 13.2 Å². The van der Waals surface area contributed by atoms with E-state index in [1.165, 1.54) is 23.9 Å². The second-order valence-corrected chi connectivity index (χ2v) is 7.47. The zero-order valence-electron chi connectivity index (χ0n) is 11.4. The minimum atomic E-state index is -3.56. The van der Waals surface area contributed by atoms with Gasteiger partial charge < -0.3 is 9.88 Å². The van der Waals surface area contributed by atoms with Gasteiger partial charge in [0, 0.05) is 22.5 Å². The van der Waals surface area contributed by atoms with Crippen molar-refractivity contribution in [3.05, 3.63) is 45.8 Å². The molecule has 0 aliphatic heterocycles. The van der Waals surface area contributed by atoms with Crippen LogP contribution in [0.1, 0.15) is 10.5 Å². The highest BCUT2D eigenvalue weighted by molar-refractivity contribution is 14.1. The van der Waals surface area contributed by atoms with Crippen LogP contribution in [0.2, 0.25) is 0 Å². The van der Waals surface area contributed by atoms with Crippen molar-refractivity contribution in [2.45, 2.75) is 4.90 Å². The Hall–Kier alpha value is -1.39. The topological polar surface area (TPSA) is 80.2 Å². The van der Waals surface area contributed by atoms with E-state index >= 15 is 0 Å². The van der Waals surface area contributed by atoms with E-state index in [2.05, 4.69) is 32.6 Å². The van der Waals surface area contributed by atoms with Crippen LogP contribution in [0.3, 0.4) is 0 Å². The van der Waals surface area contributed by atoms with Crippen LogP contribution in [0.4, 0.5) is 5.69 Å². The number of anilines is 1. The number of hydrogen-bond donors (Lipinski definition) is 2. The Kier molecular flexibility index (Phi) is 4.69. The highest BCUT2D eigenvalue weighted by atomic mass is 127. The quantitative estimate of drug-likeness (QED) is 0.742. The van der Waals surface area contributed by atoms with Crippen molar-refractivity contribution in [1.29, 1.82) is 0 Å². The van der Waals surface area contributed by atoms with Crippen molar-refractivity contribution in [3.63, 3.8) is 0 Å². The molecular weight excluding hydrogens is 405 g/mol. The molecule has 8 heteroatoms. The van der Waals surface area contributed by atoms with E-state index < -0.39 is 10.0 Å². The van der Waals surface area contributed by atoms with Gasteiger partial charge in [0.1, 0.15) is 10.6 Å². The molecule has 0 aliphatic carbocycles. The number of rotatable bonds is 4. The fourth-order valence-corrected chi connectivity index (χ4v) is 2.91.